The third kappa shape index (κ3) is 3.94. The highest BCUT2D eigenvalue weighted by molar-refractivity contribution is 6.29. The summed E-state index contributed by atoms with van der Waals surface area (Å²) >= 11 is 5.85. The van der Waals surface area contributed by atoms with E-state index in [0.29, 0.717) is 45.6 Å². The number of rotatable bonds is 6. The normalized spacial score (nSPS) is 11.1. The molecular formula is C23H19ClN6O3. The molecule has 0 aliphatic rings. The second-order valence-electron chi connectivity index (χ2n) is 7.27. The molecule has 0 aliphatic heterocycles. The molecule has 9 nitrogen and oxygen atoms in total. The van der Waals surface area contributed by atoms with Crippen LogP contribution in [0.15, 0.2) is 61.3 Å². The van der Waals surface area contributed by atoms with Crippen LogP contribution in [0.5, 0.6) is 17.5 Å². The monoisotopic (exact) mass is 462 g/mol. The van der Waals surface area contributed by atoms with E-state index in [-0.39, 0.29) is 5.88 Å². The lowest BCUT2D eigenvalue weighted by atomic mass is 10.1. The zero-order valence-electron chi connectivity index (χ0n) is 17.8. The first-order valence-corrected chi connectivity index (χ1v) is 10.4. The SMILES string of the molecule is COc1cc(-c2ccc3c(O)n(-c4cnn(Cc5ccc(Cl)nc5)c4)cc3n2)cnc1OC. The largest absolute Gasteiger partial charge is 0.494 e. The van der Waals surface area contributed by atoms with Crippen molar-refractivity contribution >= 4 is 22.5 Å². The Morgan fingerprint density at radius 2 is 1.88 bits per heavy atom. The molecule has 5 aromatic rings. The van der Waals surface area contributed by atoms with Crippen molar-refractivity contribution in [3.05, 3.63) is 72.0 Å². The third-order valence-corrected chi connectivity index (χ3v) is 5.43. The minimum absolute atomic E-state index is 0.0854. The van der Waals surface area contributed by atoms with Crippen molar-refractivity contribution in [2.45, 2.75) is 6.54 Å². The van der Waals surface area contributed by atoms with Crippen LogP contribution in [-0.2, 0) is 6.54 Å². The van der Waals surface area contributed by atoms with Crippen LogP contribution >= 0.6 is 11.6 Å². The first-order chi connectivity index (χ1) is 16.1. The molecule has 1 N–H and O–H groups in total. The van der Waals surface area contributed by atoms with Crippen LogP contribution in [0, 0.1) is 0 Å². The molecule has 0 saturated heterocycles. The second kappa shape index (κ2) is 8.44. The van der Waals surface area contributed by atoms with E-state index in [2.05, 4.69) is 15.1 Å². The highest BCUT2D eigenvalue weighted by Gasteiger charge is 2.15. The average Bonchev–Trinajstić information content (AvgIpc) is 3.43. The Morgan fingerprint density at radius 3 is 2.64 bits per heavy atom. The fourth-order valence-electron chi connectivity index (χ4n) is 3.56. The zero-order valence-corrected chi connectivity index (χ0v) is 18.6. The van der Waals surface area contributed by atoms with Gasteiger partial charge < -0.3 is 14.6 Å². The number of aromatic nitrogens is 6. The van der Waals surface area contributed by atoms with E-state index in [0.717, 1.165) is 11.1 Å². The van der Waals surface area contributed by atoms with E-state index in [4.69, 9.17) is 26.1 Å². The summed E-state index contributed by atoms with van der Waals surface area (Å²) in [6.45, 7) is 0.528. The minimum atomic E-state index is 0.0854. The molecule has 0 unspecified atom stereocenters. The molecule has 0 atom stereocenters. The summed E-state index contributed by atoms with van der Waals surface area (Å²) in [4.78, 5) is 13.1. The van der Waals surface area contributed by atoms with Crippen molar-refractivity contribution in [2.24, 2.45) is 0 Å². The number of nitrogens with zero attached hydrogens (tertiary/aromatic N) is 6. The summed E-state index contributed by atoms with van der Waals surface area (Å²) in [7, 11) is 3.09. The maximum atomic E-state index is 10.8. The molecule has 33 heavy (non-hydrogen) atoms. The Labute approximate surface area is 193 Å². The maximum absolute atomic E-state index is 10.8. The highest BCUT2D eigenvalue weighted by Crippen LogP contribution is 2.33. The van der Waals surface area contributed by atoms with Crippen molar-refractivity contribution in [3.8, 4) is 34.5 Å². The molecule has 0 bridgehead atoms. The lowest BCUT2D eigenvalue weighted by molar-refractivity contribution is 0.343. The van der Waals surface area contributed by atoms with Crippen molar-refractivity contribution in [1.29, 1.82) is 0 Å². The zero-order chi connectivity index (χ0) is 22.9. The van der Waals surface area contributed by atoms with Gasteiger partial charge in [0.1, 0.15) is 5.15 Å². The third-order valence-electron chi connectivity index (χ3n) is 5.20. The number of ether oxygens (including phenoxy) is 2. The number of hydrogen-bond donors (Lipinski definition) is 1. The maximum Gasteiger partial charge on any atom is 0.256 e. The first-order valence-electron chi connectivity index (χ1n) is 9.98. The smallest absolute Gasteiger partial charge is 0.256 e. The molecule has 0 spiro atoms. The topological polar surface area (TPSA) is 100 Å². The predicted molar refractivity (Wildman–Crippen MR) is 123 cm³/mol. The molecule has 5 aromatic heterocycles. The summed E-state index contributed by atoms with van der Waals surface area (Å²) in [5, 5.41) is 16.3. The van der Waals surface area contributed by atoms with Crippen LogP contribution in [-0.4, -0.2) is 48.6 Å². The Morgan fingerprint density at radius 1 is 1.00 bits per heavy atom. The molecule has 0 radical (unpaired) electrons. The second-order valence-corrected chi connectivity index (χ2v) is 7.66. The van der Waals surface area contributed by atoms with Crippen molar-refractivity contribution in [3.63, 3.8) is 0 Å². The van der Waals surface area contributed by atoms with E-state index in [1.165, 1.54) is 7.11 Å². The summed E-state index contributed by atoms with van der Waals surface area (Å²) in [6.07, 6.45) is 8.67. The van der Waals surface area contributed by atoms with E-state index in [9.17, 15) is 5.11 Å². The van der Waals surface area contributed by atoms with Crippen LogP contribution in [0.25, 0.3) is 27.8 Å². The van der Waals surface area contributed by atoms with Gasteiger partial charge in [0.2, 0.25) is 5.88 Å². The van der Waals surface area contributed by atoms with Gasteiger partial charge in [-0.25, -0.2) is 15.0 Å². The summed E-state index contributed by atoms with van der Waals surface area (Å²) in [5.41, 5.74) is 3.77. The van der Waals surface area contributed by atoms with Crippen LogP contribution in [0.4, 0.5) is 0 Å². The molecule has 10 heteroatoms. The molecule has 5 heterocycles. The van der Waals surface area contributed by atoms with E-state index >= 15 is 0 Å². The first kappa shape index (κ1) is 20.8. The van der Waals surface area contributed by atoms with Gasteiger partial charge in [-0.15, -0.1) is 0 Å². The Balaban J connectivity index is 1.46. The Bertz CT molecular complexity index is 1440. The van der Waals surface area contributed by atoms with Gasteiger partial charge in [-0.1, -0.05) is 17.7 Å². The van der Waals surface area contributed by atoms with Gasteiger partial charge in [0.05, 0.1) is 49.2 Å². The predicted octanol–water partition coefficient (Wildman–Crippen LogP) is 4.10. The number of hydrogen-bond acceptors (Lipinski definition) is 7. The Hall–Kier alpha value is -4.11. The molecule has 0 fully saturated rings. The number of aromatic hydroxyl groups is 1. The highest BCUT2D eigenvalue weighted by atomic mass is 35.5. The number of halogens is 1. The Kier molecular flexibility index (Phi) is 5.31. The fourth-order valence-corrected chi connectivity index (χ4v) is 3.67. The molecule has 0 saturated carbocycles. The van der Waals surface area contributed by atoms with Gasteiger partial charge in [-0.3, -0.25) is 9.25 Å². The van der Waals surface area contributed by atoms with Gasteiger partial charge in [0.15, 0.2) is 5.75 Å². The molecular weight excluding hydrogens is 444 g/mol. The van der Waals surface area contributed by atoms with Gasteiger partial charge in [-0.05, 0) is 29.8 Å². The number of methoxy groups -OCH3 is 2. The van der Waals surface area contributed by atoms with E-state index in [1.54, 1.807) is 47.2 Å². The average molecular weight is 463 g/mol. The lowest BCUT2D eigenvalue weighted by Crippen LogP contribution is -2.00. The standard InChI is InChI=1S/C23H19ClN6O3/c1-32-20-7-15(9-26-22(20)33-2)18-5-4-17-19(28-18)13-30(23(17)31)16-10-27-29(12-16)11-14-3-6-21(24)25-8-14/h3-10,12-13,31H,11H2,1-2H3. The van der Waals surface area contributed by atoms with Crippen LogP contribution in [0.2, 0.25) is 5.15 Å². The molecule has 166 valence electrons. The molecule has 0 aromatic carbocycles. The van der Waals surface area contributed by atoms with Crippen LogP contribution in [0.3, 0.4) is 0 Å². The molecule has 0 amide bonds. The number of pyridine rings is 3. The van der Waals surface area contributed by atoms with Gasteiger partial charge in [-0.2, -0.15) is 5.10 Å². The van der Waals surface area contributed by atoms with E-state index in [1.807, 2.05) is 30.5 Å². The quantitative estimate of drug-likeness (QED) is 0.379. The lowest BCUT2D eigenvalue weighted by Gasteiger charge is -2.08. The summed E-state index contributed by atoms with van der Waals surface area (Å²) in [5.74, 6) is 1.00. The van der Waals surface area contributed by atoms with E-state index < -0.39 is 0 Å². The van der Waals surface area contributed by atoms with Crippen molar-refractivity contribution < 1.29 is 14.6 Å². The van der Waals surface area contributed by atoms with Crippen molar-refractivity contribution in [2.75, 3.05) is 14.2 Å². The fraction of sp³-hybridized carbons (Fsp3) is 0.130. The summed E-state index contributed by atoms with van der Waals surface area (Å²) < 4.78 is 14.0. The molecule has 5 rings (SSSR count). The van der Waals surface area contributed by atoms with Gasteiger partial charge in [0, 0.05) is 30.4 Å². The minimum Gasteiger partial charge on any atom is -0.494 e. The molecule has 0 aliphatic carbocycles. The van der Waals surface area contributed by atoms with Crippen LogP contribution in [0.1, 0.15) is 5.56 Å². The number of fused-ring (bicyclic) bond motifs is 1. The van der Waals surface area contributed by atoms with Crippen molar-refractivity contribution in [1.82, 2.24) is 29.3 Å². The van der Waals surface area contributed by atoms with Crippen LogP contribution < -0.4 is 9.47 Å². The summed E-state index contributed by atoms with van der Waals surface area (Å²) in [6, 6.07) is 9.10. The van der Waals surface area contributed by atoms with Gasteiger partial charge >= 0.3 is 0 Å². The van der Waals surface area contributed by atoms with Gasteiger partial charge in [0.25, 0.3) is 5.88 Å².